The van der Waals surface area contributed by atoms with E-state index in [0.717, 1.165) is 5.56 Å². The summed E-state index contributed by atoms with van der Waals surface area (Å²) in [5, 5.41) is 0.481. The van der Waals surface area contributed by atoms with Crippen molar-refractivity contribution in [2.45, 2.75) is 19.4 Å². The highest BCUT2D eigenvalue weighted by Crippen LogP contribution is 2.25. The first-order valence-corrected chi connectivity index (χ1v) is 7.62. The molecule has 120 valence electrons. The molecule has 1 amide bonds. The number of benzene rings is 1. The number of aromatic amines is 1. The summed E-state index contributed by atoms with van der Waals surface area (Å²) in [6.07, 6.45) is 2.15. The fraction of sp³-hybridized carbons (Fsp3) is 0.312. The summed E-state index contributed by atoms with van der Waals surface area (Å²) in [6.45, 7) is 0.881. The Bertz CT molecular complexity index is 803. The molecular formula is C16H16ClN3O3. The number of rotatable bonds is 3. The van der Waals surface area contributed by atoms with E-state index in [1.54, 1.807) is 24.1 Å². The van der Waals surface area contributed by atoms with Crippen LogP contribution in [0.4, 0.5) is 0 Å². The number of amides is 1. The summed E-state index contributed by atoms with van der Waals surface area (Å²) in [5.41, 5.74) is 2.04. The predicted molar refractivity (Wildman–Crippen MR) is 85.7 cm³/mol. The van der Waals surface area contributed by atoms with Crippen LogP contribution in [0.2, 0.25) is 5.02 Å². The number of nitrogens with one attached hydrogen (secondary N) is 1. The fourth-order valence-corrected chi connectivity index (χ4v) is 2.97. The second kappa shape index (κ2) is 6.42. The lowest BCUT2D eigenvalue weighted by atomic mass is 10.1. The van der Waals surface area contributed by atoms with Gasteiger partial charge in [-0.05, 0) is 24.1 Å². The molecule has 2 aromatic rings. The van der Waals surface area contributed by atoms with E-state index in [1.807, 2.05) is 6.07 Å². The Hall–Kier alpha value is -2.34. The number of methoxy groups -OCH3 is 1. The highest BCUT2D eigenvalue weighted by Gasteiger charge is 2.23. The van der Waals surface area contributed by atoms with Crippen LogP contribution in [-0.4, -0.2) is 34.4 Å². The summed E-state index contributed by atoms with van der Waals surface area (Å²) in [5.74, 6) is 0.567. The molecule has 0 saturated heterocycles. The summed E-state index contributed by atoms with van der Waals surface area (Å²) in [7, 11) is 1.55. The maximum Gasteiger partial charge on any atom is 0.254 e. The van der Waals surface area contributed by atoms with Gasteiger partial charge in [-0.15, -0.1) is 0 Å². The van der Waals surface area contributed by atoms with Crippen LogP contribution in [0.1, 0.15) is 16.8 Å². The maximum absolute atomic E-state index is 12.5. The van der Waals surface area contributed by atoms with E-state index in [4.69, 9.17) is 16.3 Å². The number of hydrogen-bond donors (Lipinski definition) is 1. The zero-order chi connectivity index (χ0) is 16.4. The number of nitrogens with zero attached hydrogens (tertiary/aromatic N) is 2. The Kier molecular flexibility index (Phi) is 4.34. The van der Waals surface area contributed by atoms with Crippen molar-refractivity contribution in [1.82, 2.24) is 14.9 Å². The number of carbonyl (C=O) groups excluding carboxylic acids is 1. The number of carbonyl (C=O) groups is 1. The van der Waals surface area contributed by atoms with E-state index < -0.39 is 0 Å². The molecule has 3 rings (SSSR count). The number of aromatic nitrogens is 2. The Labute approximate surface area is 138 Å². The zero-order valence-corrected chi connectivity index (χ0v) is 13.4. The van der Waals surface area contributed by atoms with Gasteiger partial charge in [-0.2, -0.15) is 0 Å². The molecule has 7 heteroatoms. The van der Waals surface area contributed by atoms with Crippen molar-refractivity contribution in [3.63, 3.8) is 0 Å². The Balaban J connectivity index is 1.72. The summed E-state index contributed by atoms with van der Waals surface area (Å²) >= 11 is 6.09. The second-order valence-corrected chi connectivity index (χ2v) is 5.78. The molecule has 0 spiro atoms. The molecule has 1 aliphatic rings. The molecule has 0 atom stereocenters. The number of fused-ring (bicyclic) bond motifs is 1. The molecule has 6 nitrogen and oxygen atoms in total. The van der Waals surface area contributed by atoms with Gasteiger partial charge < -0.3 is 14.6 Å². The molecule has 1 aliphatic heterocycles. The second-order valence-electron chi connectivity index (χ2n) is 5.37. The van der Waals surface area contributed by atoms with Crippen molar-refractivity contribution >= 4 is 17.5 Å². The minimum absolute atomic E-state index is 0.0148. The van der Waals surface area contributed by atoms with Gasteiger partial charge in [0.05, 0.1) is 37.1 Å². The average molecular weight is 334 g/mol. The molecule has 0 fully saturated rings. The third-order valence-electron chi connectivity index (χ3n) is 3.94. The maximum atomic E-state index is 12.5. The standard InChI is InChI=1S/C16H16ClN3O3/c1-23-14-3-2-10(6-12(14)17)7-15(21)20-5-4-11-13(8-20)18-9-19-16(11)22/h2-3,6,9H,4-5,7-8H2,1H3,(H,18,19,22). The third-order valence-corrected chi connectivity index (χ3v) is 4.23. The molecule has 1 aromatic heterocycles. The van der Waals surface area contributed by atoms with Crippen LogP contribution in [0.15, 0.2) is 29.3 Å². The number of halogens is 1. The minimum Gasteiger partial charge on any atom is -0.495 e. The Morgan fingerprint density at radius 2 is 2.30 bits per heavy atom. The lowest BCUT2D eigenvalue weighted by molar-refractivity contribution is -0.131. The van der Waals surface area contributed by atoms with Gasteiger partial charge in [-0.3, -0.25) is 9.59 Å². The van der Waals surface area contributed by atoms with Crippen LogP contribution in [0.5, 0.6) is 5.75 Å². The van der Waals surface area contributed by atoms with E-state index >= 15 is 0 Å². The van der Waals surface area contributed by atoms with Crippen LogP contribution in [0, 0.1) is 0 Å². The molecule has 2 heterocycles. The van der Waals surface area contributed by atoms with Crippen molar-refractivity contribution in [1.29, 1.82) is 0 Å². The molecule has 0 saturated carbocycles. The van der Waals surface area contributed by atoms with Crippen molar-refractivity contribution < 1.29 is 9.53 Å². The van der Waals surface area contributed by atoms with Crippen LogP contribution in [-0.2, 0) is 24.2 Å². The van der Waals surface area contributed by atoms with Gasteiger partial charge in [0, 0.05) is 12.1 Å². The van der Waals surface area contributed by atoms with Crippen LogP contribution >= 0.6 is 11.6 Å². The third kappa shape index (κ3) is 3.22. The summed E-state index contributed by atoms with van der Waals surface area (Å²) in [4.78, 5) is 32.6. The van der Waals surface area contributed by atoms with Crippen molar-refractivity contribution in [3.8, 4) is 5.75 Å². The first-order chi connectivity index (χ1) is 11.1. The van der Waals surface area contributed by atoms with Gasteiger partial charge in [-0.25, -0.2) is 4.98 Å². The van der Waals surface area contributed by atoms with Crippen LogP contribution < -0.4 is 10.3 Å². The fourth-order valence-electron chi connectivity index (χ4n) is 2.68. The highest BCUT2D eigenvalue weighted by molar-refractivity contribution is 6.32. The van der Waals surface area contributed by atoms with Crippen LogP contribution in [0.25, 0.3) is 0 Å². The normalized spacial score (nSPS) is 13.6. The minimum atomic E-state index is -0.121. The lowest BCUT2D eigenvalue weighted by Gasteiger charge is -2.27. The van der Waals surface area contributed by atoms with Gasteiger partial charge >= 0.3 is 0 Å². The van der Waals surface area contributed by atoms with Gasteiger partial charge in [-0.1, -0.05) is 17.7 Å². The predicted octanol–water partition coefficient (Wildman–Crippen LogP) is 1.56. The lowest BCUT2D eigenvalue weighted by Crippen LogP contribution is -2.39. The van der Waals surface area contributed by atoms with Crippen LogP contribution in [0.3, 0.4) is 0 Å². The molecular weight excluding hydrogens is 318 g/mol. The largest absolute Gasteiger partial charge is 0.495 e. The SMILES string of the molecule is COc1ccc(CC(=O)N2CCc3c(nc[nH]c3=O)C2)cc1Cl. The Morgan fingerprint density at radius 1 is 1.48 bits per heavy atom. The first-order valence-electron chi connectivity index (χ1n) is 7.24. The van der Waals surface area contributed by atoms with E-state index in [0.29, 0.717) is 41.5 Å². The molecule has 0 aliphatic carbocycles. The van der Waals surface area contributed by atoms with Gasteiger partial charge in [0.2, 0.25) is 5.91 Å². The van der Waals surface area contributed by atoms with Crippen molar-refractivity contribution in [3.05, 3.63) is 56.7 Å². The molecule has 1 N–H and O–H groups in total. The number of H-pyrrole nitrogens is 1. The van der Waals surface area contributed by atoms with E-state index in [1.165, 1.54) is 6.33 Å². The number of hydrogen-bond acceptors (Lipinski definition) is 4. The first kappa shape index (κ1) is 15.6. The molecule has 0 unspecified atom stereocenters. The Morgan fingerprint density at radius 3 is 3.04 bits per heavy atom. The van der Waals surface area contributed by atoms with E-state index in [9.17, 15) is 9.59 Å². The summed E-state index contributed by atoms with van der Waals surface area (Å²) in [6, 6.07) is 5.31. The quantitative estimate of drug-likeness (QED) is 0.925. The zero-order valence-electron chi connectivity index (χ0n) is 12.6. The monoisotopic (exact) mass is 333 g/mol. The highest BCUT2D eigenvalue weighted by atomic mass is 35.5. The van der Waals surface area contributed by atoms with Gasteiger partial charge in [0.1, 0.15) is 5.75 Å². The van der Waals surface area contributed by atoms with E-state index in [-0.39, 0.29) is 17.9 Å². The topological polar surface area (TPSA) is 75.3 Å². The summed E-state index contributed by atoms with van der Waals surface area (Å²) < 4.78 is 5.10. The van der Waals surface area contributed by atoms with Crippen molar-refractivity contribution in [2.75, 3.05) is 13.7 Å². The molecule has 0 bridgehead atoms. The average Bonchev–Trinajstić information content (AvgIpc) is 2.55. The number of ether oxygens (including phenoxy) is 1. The van der Waals surface area contributed by atoms with E-state index in [2.05, 4.69) is 9.97 Å². The smallest absolute Gasteiger partial charge is 0.254 e. The van der Waals surface area contributed by atoms with Gasteiger partial charge in [0.15, 0.2) is 0 Å². The van der Waals surface area contributed by atoms with Gasteiger partial charge in [0.25, 0.3) is 5.56 Å². The molecule has 1 aromatic carbocycles. The molecule has 0 radical (unpaired) electrons. The van der Waals surface area contributed by atoms with Crippen molar-refractivity contribution in [2.24, 2.45) is 0 Å². The molecule has 23 heavy (non-hydrogen) atoms.